The minimum absolute atomic E-state index is 0.00321. The lowest BCUT2D eigenvalue weighted by atomic mass is 10.2. The molecule has 0 aliphatic carbocycles. The first-order valence-corrected chi connectivity index (χ1v) is 9.99. The number of hydrogen-bond donors (Lipinski definition) is 3. The fourth-order valence-electron chi connectivity index (χ4n) is 2.73. The standard InChI is InChI=1S/C21H22ClFN2O6/c22-15-6-5-14(9-16(15)23)29-12-20(27)24-8-7-13(26)10-25-21(28)19-11-30-17-3-1-2-4-18(17)31-19/h1-6,9,13,19,26H,7-8,10-12H2,(H,24,27)(H,25,28)/t13-,19-/m0/s1. The molecule has 3 N–H and O–H groups in total. The van der Waals surface area contributed by atoms with Crippen LogP contribution in [0.1, 0.15) is 6.42 Å². The second kappa shape index (κ2) is 10.8. The van der Waals surface area contributed by atoms with E-state index in [2.05, 4.69) is 10.6 Å². The van der Waals surface area contributed by atoms with Gasteiger partial charge in [0.05, 0.1) is 11.1 Å². The third-order valence-corrected chi connectivity index (χ3v) is 4.68. The molecular formula is C21H22ClFN2O6. The summed E-state index contributed by atoms with van der Waals surface area (Å²) in [6.07, 6.45) is -1.46. The molecule has 1 aliphatic rings. The highest BCUT2D eigenvalue weighted by atomic mass is 35.5. The molecule has 2 aromatic carbocycles. The molecule has 8 nitrogen and oxygen atoms in total. The minimum atomic E-state index is -0.868. The van der Waals surface area contributed by atoms with E-state index in [-0.39, 0.29) is 43.5 Å². The maximum Gasteiger partial charge on any atom is 0.264 e. The number of halogens is 2. The number of carbonyl (C=O) groups is 2. The van der Waals surface area contributed by atoms with E-state index in [4.69, 9.17) is 25.8 Å². The van der Waals surface area contributed by atoms with Crippen molar-refractivity contribution in [3.63, 3.8) is 0 Å². The Bertz CT molecular complexity index is 928. The minimum Gasteiger partial charge on any atom is -0.485 e. The summed E-state index contributed by atoms with van der Waals surface area (Å²) >= 11 is 5.58. The number of benzene rings is 2. The highest BCUT2D eigenvalue weighted by molar-refractivity contribution is 6.30. The fourth-order valence-corrected chi connectivity index (χ4v) is 2.85. The van der Waals surface area contributed by atoms with E-state index in [1.165, 1.54) is 12.1 Å². The topological polar surface area (TPSA) is 106 Å². The van der Waals surface area contributed by atoms with E-state index in [0.29, 0.717) is 11.5 Å². The Morgan fingerprint density at radius 1 is 1.23 bits per heavy atom. The molecule has 0 bridgehead atoms. The molecule has 0 saturated heterocycles. The predicted octanol–water partition coefficient (Wildman–Crippen LogP) is 1.68. The Balaban J connectivity index is 1.30. The van der Waals surface area contributed by atoms with Gasteiger partial charge in [-0.05, 0) is 30.7 Å². The molecule has 1 heterocycles. The number of aliphatic hydroxyl groups excluding tert-OH is 1. The first-order chi connectivity index (χ1) is 14.9. The monoisotopic (exact) mass is 452 g/mol. The Hall–Kier alpha value is -3.04. The third kappa shape index (κ3) is 6.73. The first-order valence-electron chi connectivity index (χ1n) is 9.61. The van der Waals surface area contributed by atoms with Crippen LogP contribution in [-0.2, 0) is 9.59 Å². The highest BCUT2D eigenvalue weighted by Gasteiger charge is 2.27. The smallest absolute Gasteiger partial charge is 0.264 e. The van der Waals surface area contributed by atoms with Crippen molar-refractivity contribution in [1.82, 2.24) is 10.6 Å². The van der Waals surface area contributed by atoms with Crippen LogP contribution in [0.3, 0.4) is 0 Å². The average molecular weight is 453 g/mol. The Kier molecular flexibility index (Phi) is 7.91. The lowest BCUT2D eigenvalue weighted by Gasteiger charge is -2.25. The zero-order chi connectivity index (χ0) is 22.2. The lowest BCUT2D eigenvalue weighted by Crippen LogP contribution is -2.46. The van der Waals surface area contributed by atoms with Gasteiger partial charge >= 0.3 is 0 Å². The summed E-state index contributed by atoms with van der Waals surface area (Å²) in [6, 6.07) is 10.9. The van der Waals surface area contributed by atoms with Crippen molar-refractivity contribution in [1.29, 1.82) is 0 Å². The molecular weight excluding hydrogens is 431 g/mol. The molecule has 0 radical (unpaired) electrons. The fraction of sp³-hybridized carbons (Fsp3) is 0.333. The first kappa shape index (κ1) is 22.6. The van der Waals surface area contributed by atoms with Crippen LogP contribution < -0.4 is 24.8 Å². The summed E-state index contributed by atoms with van der Waals surface area (Å²) in [4.78, 5) is 24.0. The van der Waals surface area contributed by atoms with Crippen molar-refractivity contribution in [2.75, 3.05) is 26.3 Å². The van der Waals surface area contributed by atoms with Crippen LogP contribution >= 0.6 is 11.6 Å². The number of carbonyl (C=O) groups excluding carboxylic acids is 2. The number of ether oxygens (including phenoxy) is 3. The van der Waals surface area contributed by atoms with Crippen LogP contribution in [0.2, 0.25) is 5.02 Å². The van der Waals surface area contributed by atoms with Gasteiger partial charge in [0, 0.05) is 19.2 Å². The quantitative estimate of drug-likeness (QED) is 0.534. The molecule has 0 saturated carbocycles. The maximum atomic E-state index is 13.3. The molecule has 31 heavy (non-hydrogen) atoms. The molecule has 166 valence electrons. The van der Waals surface area contributed by atoms with Crippen LogP contribution in [0.25, 0.3) is 0 Å². The molecule has 2 amide bonds. The molecule has 0 fully saturated rings. The van der Waals surface area contributed by atoms with Crippen LogP contribution in [0.4, 0.5) is 4.39 Å². The Labute approximate surface area is 183 Å². The number of hydrogen-bond acceptors (Lipinski definition) is 6. The van der Waals surface area contributed by atoms with Crippen molar-refractivity contribution < 1.29 is 33.3 Å². The van der Waals surface area contributed by atoms with Gasteiger partial charge in [0.15, 0.2) is 18.1 Å². The maximum absolute atomic E-state index is 13.3. The second-order valence-corrected chi connectivity index (χ2v) is 7.17. The van der Waals surface area contributed by atoms with Crippen molar-refractivity contribution in [3.8, 4) is 17.2 Å². The van der Waals surface area contributed by atoms with Crippen molar-refractivity contribution >= 4 is 23.4 Å². The summed E-state index contributed by atoms with van der Waals surface area (Å²) in [6.45, 7) is -0.0672. The Morgan fingerprint density at radius 2 is 2.00 bits per heavy atom. The number of aliphatic hydroxyl groups is 1. The average Bonchev–Trinajstić information content (AvgIpc) is 2.78. The molecule has 0 aromatic heterocycles. The Morgan fingerprint density at radius 3 is 2.77 bits per heavy atom. The SMILES string of the molecule is O=C(COc1ccc(Cl)c(F)c1)NCC[C@H](O)CNC(=O)[C@@H]1COc2ccccc2O1. The number of para-hydroxylation sites is 2. The molecule has 0 unspecified atom stereocenters. The number of rotatable bonds is 9. The third-order valence-electron chi connectivity index (χ3n) is 4.37. The summed E-state index contributed by atoms with van der Waals surface area (Å²) in [7, 11) is 0. The van der Waals surface area contributed by atoms with Gasteiger partial charge in [-0.3, -0.25) is 9.59 Å². The van der Waals surface area contributed by atoms with E-state index in [0.717, 1.165) is 6.07 Å². The van der Waals surface area contributed by atoms with Crippen molar-refractivity contribution in [2.45, 2.75) is 18.6 Å². The van der Waals surface area contributed by atoms with Crippen LogP contribution in [0.5, 0.6) is 17.2 Å². The number of fused-ring (bicyclic) bond motifs is 1. The zero-order valence-corrected chi connectivity index (χ0v) is 17.2. The molecule has 2 aromatic rings. The molecule has 2 atom stereocenters. The van der Waals surface area contributed by atoms with Gasteiger partial charge in [-0.15, -0.1) is 0 Å². The highest BCUT2D eigenvalue weighted by Crippen LogP contribution is 2.30. The van der Waals surface area contributed by atoms with Crippen LogP contribution in [-0.4, -0.2) is 55.4 Å². The molecule has 3 rings (SSSR count). The van der Waals surface area contributed by atoms with Gasteiger partial charge in [-0.1, -0.05) is 23.7 Å². The van der Waals surface area contributed by atoms with Gasteiger partial charge in [-0.25, -0.2) is 4.39 Å². The van der Waals surface area contributed by atoms with Gasteiger partial charge in [0.2, 0.25) is 6.10 Å². The van der Waals surface area contributed by atoms with E-state index in [9.17, 15) is 19.1 Å². The summed E-state index contributed by atoms with van der Waals surface area (Å²) < 4.78 is 29.6. The second-order valence-electron chi connectivity index (χ2n) is 6.77. The van der Waals surface area contributed by atoms with Crippen molar-refractivity contribution in [3.05, 3.63) is 53.3 Å². The van der Waals surface area contributed by atoms with Crippen LogP contribution in [0.15, 0.2) is 42.5 Å². The normalized spacial score (nSPS) is 15.6. The lowest BCUT2D eigenvalue weighted by molar-refractivity contribution is -0.131. The van der Waals surface area contributed by atoms with E-state index >= 15 is 0 Å². The summed E-state index contributed by atoms with van der Waals surface area (Å²) in [5.41, 5.74) is 0. The largest absolute Gasteiger partial charge is 0.485 e. The molecule has 0 spiro atoms. The zero-order valence-electron chi connectivity index (χ0n) is 16.5. The predicted molar refractivity (Wildman–Crippen MR) is 110 cm³/mol. The van der Waals surface area contributed by atoms with Crippen molar-refractivity contribution in [2.24, 2.45) is 0 Å². The van der Waals surface area contributed by atoms with Crippen LogP contribution in [0, 0.1) is 5.82 Å². The number of nitrogens with one attached hydrogen (secondary N) is 2. The van der Waals surface area contributed by atoms with Gasteiger partial charge < -0.3 is 30.0 Å². The summed E-state index contributed by atoms with van der Waals surface area (Å²) in [5, 5.41) is 15.1. The molecule has 10 heteroatoms. The van der Waals surface area contributed by atoms with E-state index in [1.807, 2.05) is 0 Å². The van der Waals surface area contributed by atoms with Gasteiger partial charge in [-0.2, -0.15) is 0 Å². The van der Waals surface area contributed by atoms with Gasteiger partial charge in [0.25, 0.3) is 11.8 Å². The number of amides is 2. The molecule has 1 aliphatic heterocycles. The van der Waals surface area contributed by atoms with Gasteiger partial charge in [0.1, 0.15) is 18.2 Å². The van der Waals surface area contributed by atoms with E-state index < -0.39 is 29.8 Å². The van der Waals surface area contributed by atoms with E-state index in [1.54, 1.807) is 24.3 Å². The summed E-state index contributed by atoms with van der Waals surface area (Å²) in [5.74, 6) is -0.233.